The number of nitrogens with zero attached hydrogens (tertiary/aromatic N) is 1. The van der Waals surface area contributed by atoms with E-state index in [-0.39, 0.29) is 18.0 Å². The molecule has 2 rings (SSSR count). The van der Waals surface area contributed by atoms with E-state index in [0.717, 1.165) is 24.9 Å². The van der Waals surface area contributed by atoms with E-state index in [1.165, 1.54) is 0 Å². The van der Waals surface area contributed by atoms with Gasteiger partial charge in [0.15, 0.2) is 0 Å². The number of rotatable bonds is 3. The molecule has 18 heavy (non-hydrogen) atoms. The summed E-state index contributed by atoms with van der Waals surface area (Å²) in [4.78, 5) is 14.1. The third-order valence-corrected chi connectivity index (χ3v) is 3.76. The first-order valence-electron chi connectivity index (χ1n) is 6.45. The highest BCUT2D eigenvalue weighted by molar-refractivity contribution is 6.30. The van der Waals surface area contributed by atoms with Crippen LogP contribution < -0.4 is 5.73 Å². The number of carbonyl (C=O) groups excluding carboxylic acids is 1. The average Bonchev–Trinajstić information content (AvgIpc) is 2.86. The summed E-state index contributed by atoms with van der Waals surface area (Å²) in [5.74, 6) is 0.0555. The number of amides is 1. The molecule has 1 aromatic rings. The first kappa shape index (κ1) is 13.4. The monoisotopic (exact) mass is 266 g/mol. The molecule has 2 N–H and O–H groups in total. The van der Waals surface area contributed by atoms with Gasteiger partial charge >= 0.3 is 0 Å². The van der Waals surface area contributed by atoms with Crippen LogP contribution in [0, 0.1) is 0 Å². The van der Waals surface area contributed by atoms with Gasteiger partial charge in [0.25, 0.3) is 0 Å². The van der Waals surface area contributed by atoms with Gasteiger partial charge in [-0.3, -0.25) is 4.79 Å². The highest BCUT2D eigenvalue weighted by Crippen LogP contribution is 2.33. The van der Waals surface area contributed by atoms with Crippen LogP contribution in [0.15, 0.2) is 24.3 Å². The van der Waals surface area contributed by atoms with Crippen LogP contribution in [0.2, 0.25) is 5.02 Å². The number of hydrogen-bond donors (Lipinski definition) is 1. The zero-order valence-corrected chi connectivity index (χ0v) is 11.4. The lowest BCUT2D eigenvalue weighted by Crippen LogP contribution is -2.43. The Bertz CT molecular complexity index is 436. The number of likely N-dealkylation sites (tertiary alicyclic amines) is 1. The zero-order chi connectivity index (χ0) is 13.1. The molecule has 0 aromatic heterocycles. The zero-order valence-electron chi connectivity index (χ0n) is 10.6. The fourth-order valence-electron chi connectivity index (χ4n) is 2.48. The molecule has 0 spiro atoms. The highest BCUT2D eigenvalue weighted by atomic mass is 35.5. The molecule has 4 heteroatoms. The molecule has 98 valence electrons. The van der Waals surface area contributed by atoms with Crippen LogP contribution >= 0.6 is 11.6 Å². The molecule has 1 heterocycles. The van der Waals surface area contributed by atoms with Gasteiger partial charge < -0.3 is 10.6 Å². The minimum absolute atomic E-state index is 0.0555. The van der Waals surface area contributed by atoms with E-state index in [1.807, 2.05) is 36.1 Å². The lowest BCUT2D eigenvalue weighted by molar-refractivity contribution is -0.133. The Morgan fingerprint density at radius 3 is 3.06 bits per heavy atom. The molecule has 3 nitrogen and oxygen atoms in total. The molecule has 1 unspecified atom stereocenters. The van der Waals surface area contributed by atoms with Crippen LogP contribution in [0.5, 0.6) is 0 Å². The Balaban J connectivity index is 2.20. The van der Waals surface area contributed by atoms with E-state index in [9.17, 15) is 4.79 Å². The van der Waals surface area contributed by atoms with Crippen LogP contribution in [0.3, 0.4) is 0 Å². The topological polar surface area (TPSA) is 46.3 Å². The maximum atomic E-state index is 12.2. The molecule has 1 aliphatic heterocycles. The number of carbonyl (C=O) groups is 1. The predicted octanol–water partition coefficient (Wildman–Crippen LogP) is 2.74. The van der Waals surface area contributed by atoms with Gasteiger partial charge in [-0.15, -0.1) is 0 Å². The molecule has 1 aromatic carbocycles. The van der Waals surface area contributed by atoms with Crippen molar-refractivity contribution in [3.63, 3.8) is 0 Å². The molecular formula is C14H19ClN2O. The first-order valence-corrected chi connectivity index (χ1v) is 6.82. The molecule has 1 amide bonds. The number of hydrogen-bond acceptors (Lipinski definition) is 2. The van der Waals surface area contributed by atoms with E-state index < -0.39 is 0 Å². The fourth-order valence-corrected chi connectivity index (χ4v) is 2.68. The second kappa shape index (κ2) is 5.72. The fraction of sp³-hybridized carbons (Fsp3) is 0.500. The highest BCUT2D eigenvalue weighted by Gasteiger charge is 2.31. The van der Waals surface area contributed by atoms with Gasteiger partial charge in [0, 0.05) is 11.6 Å². The minimum atomic E-state index is -0.384. The largest absolute Gasteiger partial charge is 0.334 e. The maximum Gasteiger partial charge on any atom is 0.239 e. The van der Waals surface area contributed by atoms with Crippen molar-refractivity contribution in [2.75, 3.05) is 6.54 Å². The maximum absolute atomic E-state index is 12.2. The van der Waals surface area contributed by atoms with Gasteiger partial charge in [-0.1, -0.05) is 30.7 Å². The third kappa shape index (κ3) is 2.68. The number of benzene rings is 1. The first-order chi connectivity index (χ1) is 8.63. The van der Waals surface area contributed by atoms with Crippen molar-refractivity contribution < 1.29 is 4.79 Å². The summed E-state index contributed by atoms with van der Waals surface area (Å²) < 4.78 is 0. The van der Waals surface area contributed by atoms with Crippen molar-refractivity contribution in [2.24, 2.45) is 5.73 Å². The van der Waals surface area contributed by atoms with Crippen molar-refractivity contribution in [1.82, 2.24) is 4.90 Å². The standard InChI is InChI=1S/C14H19ClN2O/c1-2-12(16)14(18)17-8-4-7-13(17)10-5-3-6-11(15)9-10/h3,5-6,9,12-13H,2,4,7-8,16H2,1H3/t12-,13?/m1/s1. The summed E-state index contributed by atoms with van der Waals surface area (Å²) in [6.07, 6.45) is 2.69. The third-order valence-electron chi connectivity index (χ3n) is 3.53. The van der Waals surface area contributed by atoms with E-state index in [0.29, 0.717) is 11.4 Å². The Morgan fingerprint density at radius 2 is 2.39 bits per heavy atom. The molecule has 1 fully saturated rings. The SMILES string of the molecule is CC[C@@H](N)C(=O)N1CCCC1c1cccc(Cl)c1. The van der Waals surface area contributed by atoms with Gasteiger partial charge in [-0.25, -0.2) is 0 Å². The number of nitrogens with two attached hydrogens (primary N) is 1. The molecule has 1 saturated heterocycles. The summed E-state index contributed by atoms with van der Waals surface area (Å²) in [7, 11) is 0. The van der Waals surface area contributed by atoms with Crippen LogP contribution in [-0.2, 0) is 4.79 Å². The Kier molecular flexibility index (Phi) is 4.25. The Morgan fingerprint density at radius 1 is 1.61 bits per heavy atom. The van der Waals surface area contributed by atoms with Crippen LogP contribution in [0.4, 0.5) is 0 Å². The van der Waals surface area contributed by atoms with Gasteiger partial charge in [0.1, 0.15) is 0 Å². The van der Waals surface area contributed by atoms with Gasteiger partial charge in [-0.2, -0.15) is 0 Å². The second-order valence-electron chi connectivity index (χ2n) is 4.76. The lowest BCUT2D eigenvalue weighted by Gasteiger charge is -2.27. The quantitative estimate of drug-likeness (QED) is 0.914. The summed E-state index contributed by atoms with van der Waals surface area (Å²) in [6, 6.07) is 7.50. The number of halogens is 1. The molecule has 0 aliphatic carbocycles. The van der Waals surface area contributed by atoms with Gasteiger partial charge in [0.05, 0.1) is 12.1 Å². The Labute approximate surface area is 113 Å². The summed E-state index contributed by atoms with van der Waals surface area (Å²) >= 11 is 6.01. The summed E-state index contributed by atoms with van der Waals surface area (Å²) in [6.45, 7) is 2.73. The molecule has 1 aliphatic rings. The average molecular weight is 267 g/mol. The molecule has 2 atom stereocenters. The second-order valence-corrected chi connectivity index (χ2v) is 5.20. The molecule has 0 radical (unpaired) electrons. The Hall–Kier alpha value is -1.06. The van der Waals surface area contributed by atoms with Crippen molar-refractivity contribution in [3.05, 3.63) is 34.9 Å². The smallest absolute Gasteiger partial charge is 0.239 e. The van der Waals surface area contributed by atoms with E-state index in [4.69, 9.17) is 17.3 Å². The van der Waals surface area contributed by atoms with Crippen molar-refractivity contribution in [1.29, 1.82) is 0 Å². The van der Waals surface area contributed by atoms with E-state index >= 15 is 0 Å². The van der Waals surface area contributed by atoms with Crippen molar-refractivity contribution >= 4 is 17.5 Å². The molecule has 0 bridgehead atoms. The van der Waals surface area contributed by atoms with Gasteiger partial charge in [-0.05, 0) is 37.0 Å². The van der Waals surface area contributed by atoms with Crippen LogP contribution in [0.25, 0.3) is 0 Å². The molecular weight excluding hydrogens is 248 g/mol. The van der Waals surface area contributed by atoms with E-state index in [2.05, 4.69) is 0 Å². The predicted molar refractivity (Wildman–Crippen MR) is 73.4 cm³/mol. The summed E-state index contributed by atoms with van der Waals surface area (Å²) in [5.41, 5.74) is 6.96. The van der Waals surface area contributed by atoms with Crippen LogP contribution in [0.1, 0.15) is 37.8 Å². The van der Waals surface area contributed by atoms with Gasteiger partial charge in [0.2, 0.25) is 5.91 Å². The summed E-state index contributed by atoms with van der Waals surface area (Å²) in [5, 5.41) is 0.714. The van der Waals surface area contributed by atoms with E-state index in [1.54, 1.807) is 0 Å². The van der Waals surface area contributed by atoms with Crippen molar-refractivity contribution in [3.8, 4) is 0 Å². The van der Waals surface area contributed by atoms with Crippen molar-refractivity contribution in [2.45, 2.75) is 38.3 Å². The minimum Gasteiger partial charge on any atom is -0.334 e. The molecule has 0 saturated carbocycles. The van der Waals surface area contributed by atoms with Crippen LogP contribution in [-0.4, -0.2) is 23.4 Å². The normalized spacial score (nSPS) is 21.1. The lowest BCUT2D eigenvalue weighted by atomic mass is 10.0.